The van der Waals surface area contributed by atoms with Gasteiger partial charge in [0.25, 0.3) is 0 Å². The average Bonchev–Trinajstić information content (AvgIpc) is 2.49. The number of rotatable bonds is 2. The maximum Gasteiger partial charge on any atom is 0.501 e. The number of nitrogens with zero attached hydrogens (tertiary/aromatic N) is 2. The molecule has 0 aromatic heterocycles. The second-order valence-electron chi connectivity index (χ2n) is 5.67. The van der Waals surface area contributed by atoms with E-state index in [0.29, 0.717) is 6.54 Å². The molecule has 0 aromatic carbocycles. The summed E-state index contributed by atoms with van der Waals surface area (Å²) in [6.07, 6.45) is 12.9. The van der Waals surface area contributed by atoms with E-state index in [2.05, 4.69) is 0 Å². The van der Waals surface area contributed by atoms with Crippen molar-refractivity contribution in [1.82, 2.24) is 4.90 Å². The standard InChI is InChI=1S/C16H21N2O2/c1-2-17-14-11-7-6-10-13(14)15(19)18(16(17)20)12-8-4-3-5-9-12/h6-7,10-13H,2-5,8-9H2,1H3/q+1. The minimum absolute atomic E-state index is 0.0396. The first-order valence-corrected chi connectivity index (χ1v) is 7.60. The minimum atomic E-state index is -0.278. The molecule has 1 fully saturated rings. The molecule has 2 aliphatic carbocycles. The zero-order chi connectivity index (χ0) is 14.1. The summed E-state index contributed by atoms with van der Waals surface area (Å²) in [5.41, 5.74) is 0.831. The number of hydrogen-bond donors (Lipinski definition) is 0. The van der Waals surface area contributed by atoms with Crippen molar-refractivity contribution >= 4 is 17.6 Å². The number of hydrogen-bond acceptors (Lipinski definition) is 2. The molecular weight excluding hydrogens is 252 g/mol. The predicted octanol–water partition coefficient (Wildman–Crippen LogP) is 2.50. The van der Waals surface area contributed by atoms with Crippen LogP contribution in [0.1, 0.15) is 39.0 Å². The van der Waals surface area contributed by atoms with E-state index in [9.17, 15) is 9.59 Å². The summed E-state index contributed by atoms with van der Waals surface area (Å²) in [6.45, 7) is 2.57. The van der Waals surface area contributed by atoms with Gasteiger partial charge in [-0.3, -0.25) is 0 Å². The Balaban J connectivity index is 1.99. The summed E-state index contributed by atoms with van der Waals surface area (Å²) in [5.74, 6) is -0.318. The van der Waals surface area contributed by atoms with Crippen molar-refractivity contribution in [1.29, 1.82) is 0 Å². The smallest absolute Gasteiger partial charge is 0.245 e. The summed E-state index contributed by atoms with van der Waals surface area (Å²) >= 11 is 0. The molecule has 3 rings (SSSR count). The van der Waals surface area contributed by atoms with Crippen molar-refractivity contribution in [3.8, 4) is 0 Å². The molecule has 3 aliphatic rings. The lowest BCUT2D eigenvalue weighted by Crippen LogP contribution is -2.58. The van der Waals surface area contributed by atoms with Gasteiger partial charge in [0.2, 0.25) is 0 Å². The normalized spacial score (nSPS) is 27.2. The summed E-state index contributed by atoms with van der Waals surface area (Å²) in [6, 6.07) is -0.0331. The highest BCUT2D eigenvalue weighted by Crippen LogP contribution is 2.28. The highest BCUT2D eigenvalue weighted by molar-refractivity contribution is 6.16. The van der Waals surface area contributed by atoms with Crippen molar-refractivity contribution in [2.75, 3.05) is 6.54 Å². The summed E-state index contributed by atoms with van der Waals surface area (Å²) in [4.78, 5) is 26.9. The van der Waals surface area contributed by atoms with Crippen LogP contribution >= 0.6 is 0 Å². The number of carbonyl (C=O) groups is 2. The zero-order valence-electron chi connectivity index (χ0n) is 11.9. The monoisotopic (exact) mass is 273 g/mol. The van der Waals surface area contributed by atoms with Crippen LogP contribution in [0.4, 0.5) is 4.79 Å². The Morgan fingerprint density at radius 1 is 1.20 bits per heavy atom. The topological polar surface area (TPSA) is 40.4 Å². The number of carbonyl (C=O) groups excluding carboxylic acids is 2. The first-order chi connectivity index (χ1) is 9.74. The molecular formula is C16H21N2O2+. The first kappa shape index (κ1) is 13.3. The van der Waals surface area contributed by atoms with Crippen LogP contribution in [0.15, 0.2) is 24.3 Å². The summed E-state index contributed by atoms with van der Waals surface area (Å²) < 4.78 is 1.75. The Labute approximate surface area is 119 Å². The number of imide groups is 1. The van der Waals surface area contributed by atoms with Gasteiger partial charge in [-0.25, -0.2) is 4.79 Å². The third-order valence-electron chi connectivity index (χ3n) is 4.51. The highest BCUT2D eigenvalue weighted by atomic mass is 16.2. The fourth-order valence-electron chi connectivity index (χ4n) is 3.48. The van der Waals surface area contributed by atoms with Crippen LogP contribution in [0.3, 0.4) is 0 Å². The third-order valence-corrected chi connectivity index (χ3v) is 4.51. The number of allylic oxidation sites excluding steroid dienone is 3. The van der Waals surface area contributed by atoms with E-state index in [1.54, 1.807) is 9.48 Å². The molecule has 1 atom stereocenters. The number of amides is 3. The number of urea groups is 1. The van der Waals surface area contributed by atoms with E-state index in [4.69, 9.17) is 0 Å². The summed E-state index contributed by atoms with van der Waals surface area (Å²) in [7, 11) is 0. The predicted molar refractivity (Wildman–Crippen MR) is 76.7 cm³/mol. The maximum absolute atomic E-state index is 12.7. The van der Waals surface area contributed by atoms with Gasteiger partial charge in [0, 0.05) is 0 Å². The van der Waals surface area contributed by atoms with Crippen LogP contribution in [0.25, 0.3) is 0 Å². The Hall–Kier alpha value is -1.71. The van der Waals surface area contributed by atoms with Crippen LogP contribution in [0.2, 0.25) is 0 Å². The zero-order valence-corrected chi connectivity index (χ0v) is 11.9. The van der Waals surface area contributed by atoms with E-state index in [1.165, 1.54) is 6.42 Å². The van der Waals surface area contributed by atoms with Crippen molar-refractivity contribution in [2.24, 2.45) is 5.92 Å². The number of fused-ring (bicyclic) bond motifs is 1. The van der Waals surface area contributed by atoms with Crippen molar-refractivity contribution in [2.45, 2.75) is 45.1 Å². The van der Waals surface area contributed by atoms with E-state index in [1.807, 2.05) is 31.2 Å². The van der Waals surface area contributed by atoms with Crippen LogP contribution in [-0.4, -0.2) is 39.7 Å². The SMILES string of the molecule is CC[N+]1=C2C=CC=CC2C(=O)N(C2CCCCC2)C1=O. The third kappa shape index (κ3) is 2.03. The lowest BCUT2D eigenvalue weighted by Gasteiger charge is -2.32. The second-order valence-corrected chi connectivity index (χ2v) is 5.67. The Bertz CT molecular complexity index is 525. The highest BCUT2D eigenvalue weighted by Gasteiger charge is 2.49. The fourth-order valence-corrected chi connectivity index (χ4v) is 3.48. The molecule has 0 radical (unpaired) electrons. The summed E-state index contributed by atoms with van der Waals surface area (Å²) in [5, 5.41) is 0. The van der Waals surface area contributed by atoms with Gasteiger partial charge in [-0.2, -0.15) is 14.3 Å². The van der Waals surface area contributed by atoms with Gasteiger partial charge in [0.1, 0.15) is 17.7 Å². The van der Waals surface area contributed by atoms with Crippen LogP contribution < -0.4 is 0 Å². The van der Waals surface area contributed by atoms with Crippen molar-refractivity contribution < 1.29 is 14.2 Å². The van der Waals surface area contributed by atoms with E-state index in [-0.39, 0.29) is 23.9 Å². The van der Waals surface area contributed by atoms with Gasteiger partial charge >= 0.3 is 11.9 Å². The maximum atomic E-state index is 12.7. The molecule has 0 N–H and O–H groups in total. The van der Waals surface area contributed by atoms with E-state index < -0.39 is 0 Å². The largest absolute Gasteiger partial charge is 0.501 e. The fraction of sp³-hybridized carbons (Fsp3) is 0.562. The quantitative estimate of drug-likeness (QED) is 0.725. The molecule has 1 aliphatic heterocycles. The Kier molecular flexibility index (Phi) is 3.55. The molecule has 1 saturated carbocycles. The molecule has 1 unspecified atom stereocenters. The van der Waals surface area contributed by atoms with Crippen LogP contribution in [0, 0.1) is 5.92 Å². The van der Waals surface area contributed by atoms with Gasteiger partial charge in [0.15, 0.2) is 0 Å². The Morgan fingerprint density at radius 3 is 2.65 bits per heavy atom. The molecule has 0 spiro atoms. The molecule has 106 valence electrons. The van der Waals surface area contributed by atoms with E-state index in [0.717, 1.165) is 31.4 Å². The molecule has 1 heterocycles. The molecule has 4 heteroatoms. The van der Waals surface area contributed by atoms with Gasteiger partial charge in [-0.1, -0.05) is 24.6 Å². The first-order valence-electron chi connectivity index (χ1n) is 7.60. The molecule has 0 saturated heterocycles. The molecule has 0 bridgehead atoms. The van der Waals surface area contributed by atoms with Crippen LogP contribution in [-0.2, 0) is 4.79 Å². The molecule has 4 nitrogen and oxygen atoms in total. The minimum Gasteiger partial charge on any atom is -0.245 e. The lowest BCUT2D eigenvalue weighted by molar-refractivity contribution is -0.436. The van der Waals surface area contributed by atoms with E-state index >= 15 is 0 Å². The molecule has 3 amide bonds. The molecule has 0 aromatic rings. The molecule has 20 heavy (non-hydrogen) atoms. The van der Waals surface area contributed by atoms with Crippen molar-refractivity contribution in [3.05, 3.63) is 24.3 Å². The van der Waals surface area contributed by atoms with Crippen LogP contribution in [0.5, 0.6) is 0 Å². The van der Waals surface area contributed by atoms with Gasteiger partial charge in [-0.05, 0) is 38.7 Å². The average molecular weight is 273 g/mol. The lowest BCUT2D eigenvalue weighted by atomic mass is 9.90. The van der Waals surface area contributed by atoms with Crippen molar-refractivity contribution in [3.63, 3.8) is 0 Å². The second kappa shape index (κ2) is 5.35. The van der Waals surface area contributed by atoms with Gasteiger partial charge in [-0.15, -0.1) is 0 Å². The Morgan fingerprint density at radius 2 is 1.95 bits per heavy atom. The van der Waals surface area contributed by atoms with Gasteiger partial charge < -0.3 is 0 Å². The van der Waals surface area contributed by atoms with Gasteiger partial charge in [0.05, 0.1) is 6.54 Å².